The molecule has 5 rings (SSSR count). The summed E-state index contributed by atoms with van der Waals surface area (Å²) in [5, 5.41) is 7.12. The van der Waals surface area contributed by atoms with Crippen molar-refractivity contribution in [3.63, 3.8) is 0 Å². The van der Waals surface area contributed by atoms with Gasteiger partial charge < -0.3 is 10.8 Å². The fourth-order valence-electron chi connectivity index (χ4n) is 5.71. The fraction of sp³-hybridized carbons (Fsp3) is 0.481. The lowest BCUT2D eigenvalue weighted by atomic mass is 9.43. The number of rotatable bonds is 5. The molecule has 2 bridgehead atoms. The molecule has 0 unspecified atom stereocenters. The molecule has 2 aromatic rings. The van der Waals surface area contributed by atoms with Crippen molar-refractivity contribution in [2.24, 2.45) is 34.8 Å². The number of hydrogen-bond donors (Lipinski definition) is 2. The van der Waals surface area contributed by atoms with E-state index in [0.29, 0.717) is 11.0 Å². The molecular weight excluding hydrogens is 443 g/mol. The average molecular weight is 476 g/mol. The van der Waals surface area contributed by atoms with Crippen LogP contribution in [0.4, 0.5) is 13.2 Å². The second kappa shape index (κ2) is 9.80. The van der Waals surface area contributed by atoms with Crippen LogP contribution in [0.5, 0.6) is 0 Å². The number of halogens is 3. The summed E-state index contributed by atoms with van der Waals surface area (Å²) in [5.41, 5.74) is 10.1. The van der Waals surface area contributed by atoms with Gasteiger partial charge in [-0.3, -0.25) is 4.79 Å². The molecule has 4 atom stereocenters. The number of aryl methyl sites for hydroxylation is 1. The number of benzene rings is 2. The number of fused-ring (bicyclic) bond motifs is 2. The number of alkyl halides is 3. The molecule has 2 aromatic carbocycles. The van der Waals surface area contributed by atoms with Gasteiger partial charge in [-0.1, -0.05) is 57.2 Å². The Labute approximate surface area is 198 Å². The van der Waals surface area contributed by atoms with Crippen molar-refractivity contribution >= 4 is 11.9 Å². The maximum Gasteiger partial charge on any atom is 0.490 e. The molecule has 0 aromatic heterocycles. The Morgan fingerprint density at radius 3 is 2.18 bits per heavy atom. The standard InChI is InChI=1S/C25H31NO.C2HF3O2/c1-16-19(14-22-15-23(16)25(22,2)3)12-9-17-7-10-18(11-8-17)20-5-4-6-21(13-20)24(26)27;3-2(4,5)1(6)7/h4-8,10-11,13,16,19,22-23H,9,12,14-15H2,1-3H3,(H2,26,27);(H,6,7)/t16-,19+,22+,23+;/m0./s1. The van der Waals surface area contributed by atoms with Crippen LogP contribution in [-0.2, 0) is 11.2 Å². The van der Waals surface area contributed by atoms with E-state index in [1.54, 1.807) is 6.07 Å². The lowest BCUT2D eigenvalue weighted by Crippen LogP contribution is -2.54. The maximum absolute atomic E-state index is 11.4. The number of carboxylic acids is 1. The van der Waals surface area contributed by atoms with Gasteiger partial charge in [0.1, 0.15) is 0 Å². The minimum atomic E-state index is -5.08. The summed E-state index contributed by atoms with van der Waals surface area (Å²) in [6.07, 6.45) is 0.267. The molecule has 184 valence electrons. The molecule has 1 amide bonds. The number of carbonyl (C=O) groups is 2. The number of carboxylic acid groups (broad SMARTS) is 1. The topological polar surface area (TPSA) is 80.4 Å². The molecule has 0 radical (unpaired) electrons. The van der Waals surface area contributed by atoms with Crippen molar-refractivity contribution in [3.8, 4) is 11.1 Å². The number of primary amides is 1. The van der Waals surface area contributed by atoms with Gasteiger partial charge in [0.15, 0.2) is 0 Å². The van der Waals surface area contributed by atoms with E-state index in [1.165, 1.54) is 24.8 Å². The second-order valence-electron chi connectivity index (χ2n) is 10.2. The number of aliphatic carboxylic acids is 1. The lowest BCUT2D eigenvalue weighted by molar-refractivity contribution is -0.192. The van der Waals surface area contributed by atoms with Crippen LogP contribution in [0.15, 0.2) is 48.5 Å². The number of carbonyl (C=O) groups excluding carboxylic acids is 1. The third-order valence-corrected chi connectivity index (χ3v) is 7.99. The quantitative estimate of drug-likeness (QED) is 0.530. The van der Waals surface area contributed by atoms with Crippen molar-refractivity contribution < 1.29 is 27.9 Å². The third-order valence-electron chi connectivity index (χ3n) is 7.99. The van der Waals surface area contributed by atoms with Gasteiger partial charge in [-0.2, -0.15) is 13.2 Å². The molecule has 3 saturated carbocycles. The fourth-order valence-corrected chi connectivity index (χ4v) is 5.71. The molecule has 34 heavy (non-hydrogen) atoms. The van der Waals surface area contributed by atoms with Gasteiger partial charge >= 0.3 is 12.1 Å². The van der Waals surface area contributed by atoms with E-state index in [0.717, 1.165) is 41.2 Å². The molecule has 4 nitrogen and oxygen atoms in total. The highest BCUT2D eigenvalue weighted by molar-refractivity contribution is 5.94. The molecular formula is C27H32F3NO3. The molecule has 3 aliphatic carbocycles. The zero-order valence-corrected chi connectivity index (χ0v) is 19.7. The molecule has 3 N–H and O–H groups in total. The van der Waals surface area contributed by atoms with Gasteiger partial charge in [-0.05, 0) is 83.6 Å². The Morgan fingerprint density at radius 1 is 1.06 bits per heavy atom. The highest BCUT2D eigenvalue weighted by Crippen LogP contribution is 2.63. The number of nitrogens with two attached hydrogens (primary N) is 1. The average Bonchev–Trinajstić information content (AvgIpc) is 2.78. The maximum atomic E-state index is 11.4. The highest BCUT2D eigenvalue weighted by atomic mass is 19.4. The van der Waals surface area contributed by atoms with E-state index in [1.807, 2.05) is 18.2 Å². The summed E-state index contributed by atoms with van der Waals surface area (Å²) >= 11 is 0. The predicted octanol–water partition coefficient (Wildman–Crippen LogP) is 6.34. The van der Waals surface area contributed by atoms with E-state index in [2.05, 4.69) is 45.0 Å². The Kier molecular flexibility index (Phi) is 7.44. The van der Waals surface area contributed by atoms with Crippen LogP contribution < -0.4 is 5.73 Å². The van der Waals surface area contributed by atoms with Crippen LogP contribution in [0.3, 0.4) is 0 Å². The summed E-state index contributed by atoms with van der Waals surface area (Å²) in [6.45, 7) is 7.44. The molecule has 3 aliphatic rings. The summed E-state index contributed by atoms with van der Waals surface area (Å²) in [5.74, 6) is 0.489. The van der Waals surface area contributed by atoms with E-state index < -0.39 is 12.1 Å². The monoisotopic (exact) mass is 475 g/mol. The van der Waals surface area contributed by atoms with Crippen LogP contribution in [-0.4, -0.2) is 23.2 Å². The normalized spacial score (nSPS) is 24.9. The van der Waals surface area contributed by atoms with E-state index in [9.17, 15) is 18.0 Å². The zero-order valence-electron chi connectivity index (χ0n) is 19.7. The first-order chi connectivity index (χ1) is 15.8. The molecule has 0 aliphatic heterocycles. The van der Waals surface area contributed by atoms with Gasteiger partial charge in [-0.15, -0.1) is 0 Å². The third kappa shape index (κ3) is 5.62. The van der Waals surface area contributed by atoms with Crippen molar-refractivity contribution in [1.29, 1.82) is 0 Å². The van der Waals surface area contributed by atoms with Gasteiger partial charge in [-0.25, -0.2) is 4.79 Å². The zero-order chi connectivity index (χ0) is 25.3. The van der Waals surface area contributed by atoms with Crippen molar-refractivity contribution in [1.82, 2.24) is 0 Å². The van der Waals surface area contributed by atoms with Crippen LogP contribution in [0.25, 0.3) is 11.1 Å². The molecule has 0 saturated heterocycles. The van der Waals surface area contributed by atoms with Gasteiger partial charge in [0.2, 0.25) is 5.91 Å². The Morgan fingerprint density at radius 2 is 1.68 bits per heavy atom. The van der Waals surface area contributed by atoms with Crippen LogP contribution in [0.1, 0.15) is 56.0 Å². The molecule has 7 heteroatoms. The van der Waals surface area contributed by atoms with Crippen molar-refractivity contribution in [2.45, 2.75) is 52.6 Å². The number of hydrogen-bond acceptors (Lipinski definition) is 2. The smallest absolute Gasteiger partial charge is 0.475 e. The van der Waals surface area contributed by atoms with Crippen molar-refractivity contribution in [3.05, 3.63) is 59.7 Å². The summed E-state index contributed by atoms with van der Waals surface area (Å²) in [4.78, 5) is 20.3. The lowest BCUT2D eigenvalue weighted by Gasteiger charge is -2.62. The highest BCUT2D eigenvalue weighted by Gasteiger charge is 2.55. The number of amides is 1. The second-order valence-corrected chi connectivity index (χ2v) is 10.2. The van der Waals surface area contributed by atoms with Gasteiger partial charge in [0, 0.05) is 5.56 Å². The van der Waals surface area contributed by atoms with Crippen LogP contribution in [0, 0.1) is 29.1 Å². The summed E-state index contributed by atoms with van der Waals surface area (Å²) in [7, 11) is 0. The first-order valence-electron chi connectivity index (χ1n) is 11.6. The summed E-state index contributed by atoms with van der Waals surface area (Å²) in [6, 6.07) is 16.4. The summed E-state index contributed by atoms with van der Waals surface area (Å²) < 4.78 is 31.7. The molecule has 3 fully saturated rings. The first-order valence-corrected chi connectivity index (χ1v) is 11.6. The SMILES string of the molecule is C[C@H]1[C@H](CCc2ccc(-c3cccc(C(N)=O)c3)cc2)C[C@@H]2C[C@H]1C2(C)C.O=C(O)C(F)(F)F. The Bertz CT molecular complexity index is 1030. The molecule has 0 spiro atoms. The van der Waals surface area contributed by atoms with Gasteiger partial charge in [0.25, 0.3) is 0 Å². The largest absolute Gasteiger partial charge is 0.490 e. The van der Waals surface area contributed by atoms with Crippen LogP contribution in [0.2, 0.25) is 0 Å². The predicted molar refractivity (Wildman–Crippen MR) is 125 cm³/mol. The Balaban J connectivity index is 0.000000406. The van der Waals surface area contributed by atoms with Crippen molar-refractivity contribution in [2.75, 3.05) is 0 Å². The van der Waals surface area contributed by atoms with Crippen LogP contribution >= 0.6 is 0 Å². The van der Waals surface area contributed by atoms with Gasteiger partial charge in [0.05, 0.1) is 0 Å². The Hall–Kier alpha value is -2.83. The van der Waals surface area contributed by atoms with E-state index >= 15 is 0 Å². The van der Waals surface area contributed by atoms with E-state index in [-0.39, 0.29) is 5.91 Å². The molecule has 0 heterocycles. The minimum Gasteiger partial charge on any atom is -0.475 e. The van der Waals surface area contributed by atoms with E-state index in [4.69, 9.17) is 15.6 Å². The minimum absolute atomic E-state index is 0.378. The first kappa shape index (κ1) is 25.8.